The number of hydrogen-bond donors (Lipinski definition) is 0. The van der Waals surface area contributed by atoms with Crippen molar-refractivity contribution in [2.75, 3.05) is 62.7 Å². The minimum absolute atomic E-state index is 0.0114. The van der Waals surface area contributed by atoms with Gasteiger partial charge in [-0.3, -0.25) is 9.80 Å². The van der Waals surface area contributed by atoms with E-state index < -0.39 is 0 Å². The molecule has 0 radical (unpaired) electrons. The van der Waals surface area contributed by atoms with Gasteiger partial charge in [0.05, 0.1) is 35.5 Å². The van der Waals surface area contributed by atoms with E-state index in [4.69, 9.17) is 33.2 Å². The van der Waals surface area contributed by atoms with Crippen molar-refractivity contribution < 1.29 is 33.2 Å². The van der Waals surface area contributed by atoms with Crippen LogP contribution in [0.1, 0.15) is 45.5 Å². The van der Waals surface area contributed by atoms with Crippen LogP contribution in [0.5, 0.6) is 51.7 Å². The number of benzene rings is 4. The predicted octanol–water partition coefficient (Wildman–Crippen LogP) is 7.17. The summed E-state index contributed by atoms with van der Waals surface area (Å²) in [6, 6.07) is 18.8. The number of hydrogen-bond acceptors (Lipinski definition) is 9. The summed E-state index contributed by atoms with van der Waals surface area (Å²) in [6.07, 6.45) is 3.13. The summed E-state index contributed by atoms with van der Waals surface area (Å²) in [5.74, 6) is 5.80. The molecule has 0 aromatic heterocycles. The highest BCUT2D eigenvalue weighted by Gasteiger charge is 2.36. The van der Waals surface area contributed by atoms with Crippen LogP contribution in [-0.4, -0.2) is 72.5 Å². The quantitative estimate of drug-likeness (QED) is 0.223. The van der Waals surface area contributed by atoms with Gasteiger partial charge in [-0.05, 0) is 98.4 Å². The number of ether oxygens (including phenoxy) is 7. The zero-order chi connectivity index (χ0) is 33.5. The van der Waals surface area contributed by atoms with Crippen molar-refractivity contribution in [1.29, 1.82) is 0 Å². The van der Waals surface area contributed by atoms with Crippen LogP contribution in [0.2, 0.25) is 0 Å². The second-order valence-corrected chi connectivity index (χ2v) is 12.8. The fourth-order valence-corrected chi connectivity index (χ4v) is 7.56. The summed E-state index contributed by atoms with van der Waals surface area (Å²) in [5.41, 5.74) is 6.80. The fraction of sp³-hybridized carbons (Fsp3) is 0.385. The molecular formula is C39H44N2O7. The monoisotopic (exact) mass is 652 g/mol. The van der Waals surface area contributed by atoms with Crippen LogP contribution < -0.4 is 33.2 Å². The minimum Gasteiger partial charge on any atom is -0.493 e. The van der Waals surface area contributed by atoms with Crippen molar-refractivity contribution >= 4 is 0 Å². The molecule has 0 fully saturated rings. The summed E-state index contributed by atoms with van der Waals surface area (Å²) in [6.45, 7) is 1.74. The Morgan fingerprint density at radius 2 is 1.23 bits per heavy atom. The normalized spacial score (nSPS) is 18.8. The van der Waals surface area contributed by atoms with E-state index in [0.717, 1.165) is 66.8 Å². The summed E-state index contributed by atoms with van der Waals surface area (Å²) in [4.78, 5) is 4.78. The van der Waals surface area contributed by atoms with Crippen molar-refractivity contribution in [3.63, 3.8) is 0 Å². The molecule has 9 heteroatoms. The molecule has 0 saturated carbocycles. The molecule has 2 atom stereocenters. The molecule has 8 rings (SSSR count). The Morgan fingerprint density at radius 3 is 1.94 bits per heavy atom. The van der Waals surface area contributed by atoms with Gasteiger partial charge in [-0.2, -0.15) is 0 Å². The van der Waals surface area contributed by atoms with E-state index in [-0.39, 0.29) is 12.1 Å². The van der Waals surface area contributed by atoms with Crippen LogP contribution in [-0.2, 0) is 25.7 Å². The molecule has 4 heterocycles. The van der Waals surface area contributed by atoms with Gasteiger partial charge in [0.1, 0.15) is 5.75 Å². The maximum atomic E-state index is 7.22. The van der Waals surface area contributed by atoms with E-state index in [1.54, 1.807) is 35.5 Å². The summed E-state index contributed by atoms with van der Waals surface area (Å²) in [5, 5.41) is 0. The van der Waals surface area contributed by atoms with Crippen molar-refractivity contribution in [2.24, 2.45) is 0 Å². The second kappa shape index (κ2) is 13.1. The second-order valence-electron chi connectivity index (χ2n) is 12.8. The van der Waals surface area contributed by atoms with Crippen LogP contribution in [0.3, 0.4) is 0 Å². The van der Waals surface area contributed by atoms with Gasteiger partial charge >= 0.3 is 0 Å². The molecule has 9 nitrogen and oxygen atoms in total. The van der Waals surface area contributed by atoms with Crippen molar-refractivity contribution in [1.82, 2.24) is 9.80 Å². The third-order valence-corrected chi connectivity index (χ3v) is 10.2. The highest BCUT2D eigenvalue weighted by molar-refractivity contribution is 5.67. The molecule has 48 heavy (non-hydrogen) atoms. The van der Waals surface area contributed by atoms with Gasteiger partial charge < -0.3 is 33.2 Å². The third kappa shape index (κ3) is 5.54. The van der Waals surface area contributed by atoms with Crippen molar-refractivity contribution in [2.45, 2.75) is 37.8 Å². The lowest BCUT2D eigenvalue weighted by molar-refractivity contribution is 0.217. The molecule has 0 spiro atoms. The molecule has 4 aromatic carbocycles. The highest BCUT2D eigenvalue weighted by Crippen LogP contribution is 2.54. The Morgan fingerprint density at radius 1 is 0.604 bits per heavy atom. The van der Waals surface area contributed by atoms with Crippen LogP contribution in [0, 0.1) is 0 Å². The van der Waals surface area contributed by atoms with E-state index in [9.17, 15) is 0 Å². The van der Waals surface area contributed by atoms with Gasteiger partial charge in [0.2, 0.25) is 11.5 Å². The largest absolute Gasteiger partial charge is 0.493 e. The zero-order valence-electron chi connectivity index (χ0n) is 28.8. The molecule has 4 aromatic rings. The lowest BCUT2D eigenvalue weighted by atomic mass is 9.86. The van der Waals surface area contributed by atoms with Crippen LogP contribution in [0.4, 0.5) is 0 Å². The van der Waals surface area contributed by atoms with Crippen LogP contribution >= 0.6 is 0 Å². The number of fused-ring (bicyclic) bond motifs is 2. The van der Waals surface area contributed by atoms with Crippen molar-refractivity contribution in [3.05, 3.63) is 88.0 Å². The summed E-state index contributed by atoms with van der Waals surface area (Å²) >= 11 is 0. The van der Waals surface area contributed by atoms with Gasteiger partial charge in [0, 0.05) is 36.3 Å². The van der Waals surface area contributed by atoms with Gasteiger partial charge in [-0.15, -0.1) is 0 Å². The molecule has 0 N–H and O–H groups in total. The summed E-state index contributed by atoms with van der Waals surface area (Å²) < 4.78 is 43.5. The van der Waals surface area contributed by atoms with E-state index in [1.165, 1.54) is 11.1 Å². The third-order valence-electron chi connectivity index (χ3n) is 10.2. The number of rotatable bonds is 5. The standard InChI is InChI=1S/C39H44N2O7/c1-40-17-15-27-28-22-34(44-5)37(45-6)36(27)48-39-35-25(21-33(43-4)38(39)46-7)14-16-41(2)30(35)18-23-8-11-26(12-9-23)47-32-20-24(19-29(28)40)10-13-31(32)42-3/h8-13,20-22,29-30H,14-19H2,1-7H3/t29-,30-/m0/s1. The minimum atomic E-state index is 0.0114. The smallest absolute Gasteiger partial charge is 0.204 e. The first-order valence-corrected chi connectivity index (χ1v) is 16.4. The van der Waals surface area contributed by atoms with Gasteiger partial charge in [-0.1, -0.05) is 18.2 Å². The first-order chi connectivity index (χ1) is 23.4. The zero-order valence-corrected chi connectivity index (χ0v) is 28.8. The number of nitrogens with zero attached hydrogens (tertiary/aromatic N) is 2. The summed E-state index contributed by atoms with van der Waals surface area (Å²) in [7, 11) is 12.7. The molecule has 0 aliphatic carbocycles. The topological polar surface area (TPSA) is 71.1 Å². The van der Waals surface area contributed by atoms with Gasteiger partial charge in [0.25, 0.3) is 0 Å². The number of methoxy groups -OCH3 is 5. The highest BCUT2D eigenvalue weighted by atomic mass is 16.6. The molecule has 0 unspecified atom stereocenters. The van der Waals surface area contributed by atoms with E-state index in [0.29, 0.717) is 46.0 Å². The Kier molecular flexibility index (Phi) is 8.74. The Hall–Kier alpha value is -4.60. The average Bonchev–Trinajstić information content (AvgIpc) is 3.10. The average molecular weight is 653 g/mol. The Bertz CT molecular complexity index is 1820. The van der Waals surface area contributed by atoms with Crippen LogP contribution in [0.15, 0.2) is 54.6 Å². The fourth-order valence-electron chi connectivity index (χ4n) is 7.56. The lowest BCUT2D eigenvalue weighted by Crippen LogP contribution is -2.34. The molecule has 0 saturated heterocycles. The van der Waals surface area contributed by atoms with Crippen LogP contribution in [0.25, 0.3) is 0 Å². The van der Waals surface area contributed by atoms with Crippen molar-refractivity contribution in [3.8, 4) is 51.7 Å². The first kappa shape index (κ1) is 32.0. The first-order valence-electron chi connectivity index (χ1n) is 16.4. The van der Waals surface area contributed by atoms with Gasteiger partial charge in [0.15, 0.2) is 34.5 Å². The molecule has 0 amide bonds. The molecule has 4 aliphatic heterocycles. The van der Waals surface area contributed by atoms with Gasteiger partial charge in [-0.25, -0.2) is 0 Å². The number of likely N-dealkylation sites (N-methyl/N-ethyl adjacent to an activating group) is 2. The maximum Gasteiger partial charge on any atom is 0.204 e. The lowest BCUT2D eigenvalue weighted by Gasteiger charge is -2.38. The molecular weight excluding hydrogens is 608 g/mol. The van der Waals surface area contributed by atoms with E-state index >= 15 is 0 Å². The van der Waals surface area contributed by atoms with E-state index in [1.807, 2.05) is 18.2 Å². The maximum absolute atomic E-state index is 7.22. The van der Waals surface area contributed by atoms with E-state index in [2.05, 4.69) is 60.3 Å². The molecule has 8 bridgehead atoms. The Balaban J connectivity index is 1.51. The predicted molar refractivity (Wildman–Crippen MR) is 184 cm³/mol. The molecule has 4 aliphatic rings. The SMILES string of the molecule is COc1ccc2cc1Oc1ccc(cc1)C[C@H]1c3c(cc(OC)c(OC)c3Oc3c4c(cc(OC)c3OC)[C@H](C2)N(C)CC4)CCN1C. The Labute approximate surface area is 282 Å². The molecule has 252 valence electrons.